The van der Waals surface area contributed by atoms with Crippen LogP contribution in [-0.4, -0.2) is 12.5 Å². The molecular weight excluding hydrogens is 362 g/mol. The average molecular weight is 380 g/mol. The van der Waals surface area contributed by atoms with Crippen LogP contribution in [0.4, 0.5) is 5.69 Å². The summed E-state index contributed by atoms with van der Waals surface area (Å²) in [6.07, 6.45) is 0.524. The Morgan fingerprint density at radius 3 is 2.54 bits per heavy atom. The molecule has 0 spiro atoms. The van der Waals surface area contributed by atoms with Crippen LogP contribution in [0.25, 0.3) is 10.8 Å². The van der Waals surface area contributed by atoms with E-state index in [2.05, 4.69) is 76.6 Å². The first-order chi connectivity index (χ1) is 11.7. The Labute approximate surface area is 150 Å². The van der Waals surface area contributed by atoms with E-state index in [1.165, 1.54) is 21.9 Å². The Morgan fingerprint density at radius 1 is 1.04 bits per heavy atom. The molecule has 1 amide bonds. The van der Waals surface area contributed by atoms with Crippen molar-refractivity contribution in [1.82, 2.24) is 0 Å². The standard InChI is InChI=1S/C21H18BrNO/c1-2-23-19-12-9-14-5-3-4-6-17(14)21(19)18(13-20(23)24)15-7-10-16(22)11-8-15/h3-12,18H,2,13H2,1H3. The van der Waals surface area contributed by atoms with Gasteiger partial charge in [-0.15, -0.1) is 0 Å². The first-order valence-corrected chi connectivity index (χ1v) is 9.06. The Morgan fingerprint density at radius 2 is 1.79 bits per heavy atom. The van der Waals surface area contributed by atoms with Crippen LogP contribution in [0.2, 0.25) is 0 Å². The van der Waals surface area contributed by atoms with Gasteiger partial charge < -0.3 is 4.90 Å². The molecule has 0 aromatic heterocycles. The van der Waals surface area contributed by atoms with E-state index < -0.39 is 0 Å². The SMILES string of the molecule is CCN1C(=O)CC(c2ccc(Br)cc2)c2c1ccc1ccccc21. The van der Waals surface area contributed by atoms with E-state index in [9.17, 15) is 4.79 Å². The van der Waals surface area contributed by atoms with Crippen molar-refractivity contribution < 1.29 is 4.79 Å². The summed E-state index contributed by atoms with van der Waals surface area (Å²) in [6, 6.07) is 21.0. The monoisotopic (exact) mass is 379 g/mol. The van der Waals surface area contributed by atoms with Crippen LogP contribution >= 0.6 is 15.9 Å². The molecule has 3 heteroatoms. The van der Waals surface area contributed by atoms with E-state index >= 15 is 0 Å². The van der Waals surface area contributed by atoms with E-state index in [-0.39, 0.29) is 11.8 Å². The number of fused-ring (bicyclic) bond motifs is 3. The van der Waals surface area contributed by atoms with Crippen LogP contribution in [0.15, 0.2) is 65.1 Å². The maximum absolute atomic E-state index is 12.7. The van der Waals surface area contributed by atoms with Crippen molar-refractivity contribution in [2.24, 2.45) is 0 Å². The Balaban J connectivity index is 1.99. The number of hydrogen-bond acceptors (Lipinski definition) is 1. The van der Waals surface area contributed by atoms with Crippen molar-refractivity contribution in [2.75, 3.05) is 11.4 Å². The molecule has 2 nitrogen and oxygen atoms in total. The molecule has 4 rings (SSSR count). The molecule has 0 aliphatic carbocycles. The van der Waals surface area contributed by atoms with Gasteiger partial charge in [0.15, 0.2) is 0 Å². The summed E-state index contributed by atoms with van der Waals surface area (Å²) >= 11 is 3.50. The molecule has 1 aliphatic rings. The molecule has 0 bridgehead atoms. The number of carbonyl (C=O) groups excluding carboxylic acids is 1. The van der Waals surface area contributed by atoms with Crippen molar-refractivity contribution in [3.05, 3.63) is 76.3 Å². The van der Waals surface area contributed by atoms with E-state index in [4.69, 9.17) is 0 Å². The quantitative estimate of drug-likeness (QED) is 0.576. The normalized spacial score (nSPS) is 17.2. The van der Waals surface area contributed by atoms with Gasteiger partial charge in [-0.2, -0.15) is 0 Å². The number of amides is 1. The molecule has 0 saturated carbocycles. The van der Waals surface area contributed by atoms with Crippen molar-refractivity contribution >= 4 is 38.3 Å². The molecule has 1 aliphatic heterocycles. The third kappa shape index (κ3) is 2.44. The molecule has 1 atom stereocenters. The fourth-order valence-corrected chi connectivity index (χ4v) is 4.00. The molecule has 24 heavy (non-hydrogen) atoms. The number of hydrogen-bond donors (Lipinski definition) is 0. The first kappa shape index (κ1) is 15.4. The molecule has 120 valence electrons. The van der Waals surface area contributed by atoms with E-state index in [0.29, 0.717) is 13.0 Å². The van der Waals surface area contributed by atoms with Crippen molar-refractivity contribution in [2.45, 2.75) is 19.3 Å². The zero-order chi connectivity index (χ0) is 16.7. The van der Waals surface area contributed by atoms with Gasteiger partial charge in [0.25, 0.3) is 0 Å². The van der Waals surface area contributed by atoms with E-state index in [1.807, 2.05) is 11.8 Å². The summed E-state index contributed by atoms with van der Waals surface area (Å²) in [5, 5.41) is 2.47. The molecule has 0 fully saturated rings. The van der Waals surface area contributed by atoms with Gasteiger partial charge in [-0.25, -0.2) is 0 Å². The van der Waals surface area contributed by atoms with Crippen LogP contribution < -0.4 is 4.90 Å². The minimum atomic E-state index is 0.106. The maximum atomic E-state index is 12.7. The van der Waals surface area contributed by atoms with E-state index in [1.54, 1.807) is 0 Å². The van der Waals surface area contributed by atoms with Crippen LogP contribution in [0.5, 0.6) is 0 Å². The predicted molar refractivity (Wildman–Crippen MR) is 103 cm³/mol. The molecule has 1 unspecified atom stereocenters. The number of benzene rings is 3. The van der Waals surface area contributed by atoms with Gasteiger partial charge in [0.2, 0.25) is 5.91 Å². The second-order valence-electron chi connectivity index (χ2n) is 6.17. The topological polar surface area (TPSA) is 20.3 Å². The molecule has 3 aromatic carbocycles. The average Bonchev–Trinajstić information content (AvgIpc) is 2.61. The first-order valence-electron chi connectivity index (χ1n) is 8.26. The number of halogens is 1. The van der Waals surface area contributed by atoms with Gasteiger partial charge in [0.1, 0.15) is 0 Å². The summed E-state index contributed by atoms with van der Waals surface area (Å²) in [4.78, 5) is 14.6. The lowest BCUT2D eigenvalue weighted by Gasteiger charge is -2.34. The number of carbonyl (C=O) groups is 1. The lowest BCUT2D eigenvalue weighted by atomic mass is 9.81. The van der Waals surface area contributed by atoms with Gasteiger partial charge >= 0.3 is 0 Å². The maximum Gasteiger partial charge on any atom is 0.227 e. The fraction of sp³-hybridized carbons (Fsp3) is 0.190. The molecule has 0 radical (unpaired) electrons. The number of rotatable bonds is 2. The summed E-state index contributed by atoms with van der Waals surface area (Å²) in [6.45, 7) is 2.74. The summed E-state index contributed by atoms with van der Waals surface area (Å²) in [5.41, 5.74) is 3.53. The highest BCUT2D eigenvalue weighted by Gasteiger charge is 2.32. The second kappa shape index (κ2) is 6.06. The molecule has 0 saturated heterocycles. The van der Waals surface area contributed by atoms with E-state index in [0.717, 1.165) is 10.2 Å². The van der Waals surface area contributed by atoms with Crippen LogP contribution in [0, 0.1) is 0 Å². The third-order valence-corrected chi connectivity index (χ3v) is 5.38. The minimum Gasteiger partial charge on any atom is -0.312 e. The highest BCUT2D eigenvalue weighted by Crippen LogP contribution is 2.43. The lowest BCUT2D eigenvalue weighted by molar-refractivity contribution is -0.119. The summed E-state index contributed by atoms with van der Waals surface area (Å²) in [7, 11) is 0. The van der Waals surface area contributed by atoms with Crippen LogP contribution in [-0.2, 0) is 4.79 Å². The number of anilines is 1. The largest absolute Gasteiger partial charge is 0.312 e. The third-order valence-electron chi connectivity index (χ3n) is 4.86. The Kier molecular flexibility index (Phi) is 3.89. The second-order valence-corrected chi connectivity index (χ2v) is 7.08. The molecule has 3 aromatic rings. The predicted octanol–water partition coefficient (Wildman–Crippen LogP) is 5.49. The zero-order valence-corrected chi connectivity index (χ0v) is 15.1. The van der Waals surface area contributed by atoms with Crippen molar-refractivity contribution in [3.8, 4) is 0 Å². The summed E-state index contributed by atoms with van der Waals surface area (Å²) < 4.78 is 1.06. The molecule has 0 N–H and O–H groups in total. The van der Waals surface area contributed by atoms with Gasteiger partial charge in [0.05, 0.1) is 0 Å². The number of nitrogens with zero attached hydrogens (tertiary/aromatic N) is 1. The zero-order valence-electron chi connectivity index (χ0n) is 13.5. The lowest BCUT2D eigenvalue weighted by Crippen LogP contribution is -2.36. The molecular formula is C21H18BrNO. The summed E-state index contributed by atoms with van der Waals surface area (Å²) in [5.74, 6) is 0.308. The van der Waals surface area contributed by atoms with Gasteiger partial charge in [-0.1, -0.05) is 58.4 Å². The van der Waals surface area contributed by atoms with Crippen LogP contribution in [0.1, 0.15) is 30.4 Å². The minimum absolute atomic E-state index is 0.106. The van der Waals surface area contributed by atoms with Gasteiger partial charge in [-0.3, -0.25) is 4.79 Å². The van der Waals surface area contributed by atoms with Crippen molar-refractivity contribution in [1.29, 1.82) is 0 Å². The highest BCUT2D eigenvalue weighted by molar-refractivity contribution is 9.10. The van der Waals surface area contributed by atoms with Gasteiger partial charge in [0, 0.05) is 29.0 Å². The highest BCUT2D eigenvalue weighted by atomic mass is 79.9. The Bertz CT molecular complexity index is 917. The van der Waals surface area contributed by atoms with Gasteiger partial charge in [-0.05, 0) is 47.0 Å². The fourth-order valence-electron chi connectivity index (χ4n) is 3.73. The Hall–Kier alpha value is -2.13. The molecule has 1 heterocycles. The van der Waals surface area contributed by atoms with Crippen LogP contribution in [0.3, 0.4) is 0 Å². The smallest absolute Gasteiger partial charge is 0.227 e. The van der Waals surface area contributed by atoms with Crippen molar-refractivity contribution in [3.63, 3.8) is 0 Å².